The molecule has 8 nitrogen and oxygen atoms in total. The number of aliphatic hydroxyl groups is 1. The first kappa shape index (κ1) is 24.7. The highest BCUT2D eigenvalue weighted by molar-refractivity contribution is 5.89. The van der Waals surface area contributed by atoms with E-state index in [1.807, 2.05) is 36.4 Å². The molecule has 0 bridgehead atoms. The van der Waals surface area contributed by atoms with Gasteiger partial charge in [0.2, 0.25) is 5.91 Å². The minimum absolute atomic E-state index is 0.107. The number of amides is 2. The molecule has 1 saturated carbocycles. The lowest BCUT2D eigenvalue weighted by Crippen LogP contribution is -2.53. The minimum atomic E-state index is -1.43. The standard InChI is InChI=1S/C27H32N2O6/c30-15-24(26(32)33)28-25(31)23(14-17-8-2-1-3-9-17)29-27(34)35-16-22-20-12-6-4-10-18(20)19-11-5-7-13-21(19)22/h4-7,10-13,17,22-24,30H,1-3,8-9,14-16H2,(H,28,31)(H,29,34)(H,32,33). The summed E-state index contributed by atoms with van der Waals surface area (Å²) in [7, 11) is 0. The highest BCUT2D eigenvalue weighted by Crippen LogP contribution is 2.44. The van der Waals surface area contributed by atoms with Gasteiger partial charge in [-0.25, -0.2) is 9.59 Å². The van der Waals surface area contributed by atoms with Crippen LogP contribution in [-0.2, 0) is 14.3 Å². The van der Waals surface area contributed by atoms with E-state index in [1.54, 1.807) is 0 Å². The molecule has 0 heterocycles. The van der Waals surface area contributed by atoms with Gasteiger partial charge in [0, 0.05) is 5.92 Å². The van der Waals surface area contributed by atoms with E-state index in [1.165, 1.54) is 0 Å². The first-order chi connectivity index (χ1) is 17.0. The molecule has 186 valence electrons. The van der Waals surface area contributed by atoms with E-state index in [4.69, 9.17) is 4.74 Å². The molecule has 4 rings (SSSR count). The Labute approximate surface area is 204 Å². The van der Waals surface area contributed by atoms with Gasteiger partial charge in [-0.1, -0.05) is 80.6 Å². The maximum Gasteiger partial charge on any atom is 0.407 e. The second kappa shape index (κ2) is 11.4. The SMILES string of the molecule is O=C(NC(CC1CCCCC1)C(=O)NC(CO)C(=O)O)OCC1c2ccccc2-c2ccccc21. The number of carboxylic acids is 1. The van der Waals surface area contributed by atoms with Crippen molar-refractivity contribution in [3.63, 3.8) is 0 Å². The zero-order valence-electron chi connectivity index (χ0n) is 19.6. The quantitative estimate of drug-likeness (QED) is 0.436. The molecule has 8 heteroatoms. The third-order valence-corrected chi connectivity index (χ3v) is 7.04. The number of aliphatic carboxylic acids is 1. The normalized spacial score (nSPS) is 17.1. The number of benzene rings is 2. The van der Waals surface area contributed by atoms with Crippen molar-refractivity contribution in [2.75, 3.05) is 13.2 Å². The van der Waals surface area contributed by atoms with E-state index >= 15 is 0 Å². The van der Waals surface area contributed by atoms with E-state index in [0.29, 0.717) is 6.42 Å². The number of hydrogen-bond donors (Lipinski definition) is 4. The van der Waals surface area contributed by atoms with Crippen molar-refractivity contribution in [3.8, 4) is 11.1 Å². The molecular formula is C27H32N2O6. The van der Waals surface area contributed by atoms with Crippen LogP contribution in [0.3, 0.4) is 0 Å². The summed E-state index contributed by atoms with van der Waals surface area (Å²) in [5.74, 6) is -1.82. The fourth-order valence-electron chi connectivity index (χ4n) is 5.23. The van der Waals surface area contributed by atoms with Crippen molar-refractivity contribution in [1.29, 1.82) is 0 Å². The smallest absolute Gasteiger partial charge is 0.407 e. The van der Waals surface area contributed by atoms with E-state index < -0.39 is 36.7 Å². The van der Waals surface area contributed by atoms with E-state index in [2.05, 4.69) is 22.8 Å². The van der Waals surface area contributed by atoms with Crippen LogP contribution in [0.25, 0.3) is 11.1 Å². The predicted octanol–water partition coefficient (Wildman–Crippen LogP) is 3.43. The molecule has 0 saturated heterocycles. The monoisotopic (exact) mass is 480 g/mol. The zero-order chi connectivity index (χ0) is 24.8. The van der Waals surface area contributed by atoms with Gasteiger partial charge in [-0.05, 0) is 34.6 Å². The molecule has 35 heavy (non-hydrogen) atoms. The molecule has 2 aromatic rings. The summed E-state index contributed by atoms with van der Waals surface area (Å²) in [5.41, 5.74) is 4.42. The lowest BCUT2D eigenvalue weighted by atomic mass is 9.84. The molecule has 0 aromatic heterocycles. The Morgan fingerprint density at radius 3 is 2.06 bits per heavy atom. The second-order valence-corrected chi connectivity index (χ2v) is 9.34. The summed E-state index contributed by atoms with van der Waals surface area (Å²) >= 11 is 0. The molecule has 1 fully saturated rings. The molecule has 2 unspecified atom stereocenters. The largest absolute Gasteiger partial charge is 0.480 e. The molecule has 0 radical (unpaired) electrons. The van der Waals surface area contributed by atoms with Crippen LogP contribution in [0.2, 0.25) is 0 Å². The third-order valence-electron chi connectivity index (χ3n) is 7.04. The molecule has 0 spiro atoms. The highest BCUT2D eigenvalue weighted by atomic mass is 16.5. The fraction of sp³-hybridized carbons (Fsp3) is 0.444. The van der Waals surface area contributed by atoms with Crippen LogP contribution in [-0.4, -0.2) is 53.5 Å². The Morgan fingerprint density at radius 2 is 1.49 bits per heavy atom. The van der Waals surface area contributed by atoms with Gasteiger partial charge in [0.1, 0.15) is 18.7 Å². The lowest BCUT2D eigenvalue weighted by Gasteiger charge is -2.27. The Bertz CT molecular complexity index is 1020. The number of rotatable bonds is 9. The van der Waals surface area contributed by atoms with Crippen LogP contribution in [0.1, 0.15) is 55.6 Å². The first-order valence-corrected chi connectivity index (χ1v) is 12.2. The number of nitrogens with one attached hydrogen (secondary N) is 2. The van der Waals surface area contributed by atoms with E-state index in [-0.39, 0.29) is 18.4 Å². The summed E-state index contributed by atoms with van der Waals surface area (Å²) < 4.78 is 5.59. The Morgan fingerprint density at radius 1 is 0.886 bits per heavy atom. The maximum absolute atomic E-state index is 12.9. The second-order valence-electron chi connectivity index (χ2n) is 9.34. The van der Waals surface area contributed by atoms with Gasteiger partial charge in [0.15, 0.2) is 0 Å². The predicted molar refractivity (Wildman–Crippen MR) is 130 cm³/mol. The van der Waals surface area contributed by atoms with Gasteiger partial charge in [-0.2, -0.15) is 0 Å². The van der Waals surface area contributed by atoms with Crippen molar-refractivity contribution in [3.05, 3.63) is 59.7 Å². The first-order valence-electron chi connectivity index (χ1n) is 12.2. The number of aliphatic hydroxyl groups excluding tert-OH is 1. The number of hydrogen-bond acceptors (Lipinski definition) is 5. The maximum atomic E-state index is 12.9. The number of ether oxygens (including phenoxy) is 1. The number of carbonyl (C=O) groups is 3. The van der Waals surface area contributed by atoms with E-state index in [0.717, 1.165) is 54.4 Å². The van der Waals surface area contributed by atoms with Gasteiger partial charge < -0.3 is 25.6 Å². The minimum Gasteiger partial charge on any atom is -0.480 e. The summed E-state index contributed by atoms with van der Waals surface area (Å²) in [6, 6.07) is 13.7. The molecule has 2 atom stereocenters. The number of alkyl carbamates (subject to hydrolysis) is 1. The Kier molecular flexibility index (Phi) is 8.02. The lowest BCUT2D eigenvalue weighted by molar-refractivity contribution is -0.143. The van der Waals surface area contributed by atoms with Crippen molar-refractivity contribution >= 4 is 18.0 Å². The van der Waals surface area contributed by atoms with Gasteiger partial charge in [-0.3, -0.25) is 4.79 Å². The fourth-order valence-corrected chi connectivity index (χ4v) is 5.23. The third kappa shape index (κ3) is 5.82. The van der Waals surface area contributed by atoms with Gasteiger partial charge >= 0.3 is 12.1 Å². The summed E-state index contributed by atoms with van der Waals surface area (Å²) in [5, 5.41) is 23.5. The number of fused-ring (bicyclic) bond motifs is 3. The van der Waals surface area contributed by atoms with Crippen LogP contribution >= 0.6 is 0 Å². The number of carboxylic acid groups (broad SMARTS) is 1. The van der Waals surface area contributed by atoms with Gasteiger partial charge in [0.25, 0.3) is 0 Å². The van der Waals surface area contributed by atoms with Crippen LogP contribution in [0, 0.1) is 5.92 Å². The molecule has 2 amide bonds. The van der Waals surface area contributed by atoms with Gasteiger partial charge in [-0.15, -0.1) is 0 Å². The van der Waals surface area contributed by atoms with E-state index in [9.17, 15) is 24.6 Å². The molecule has 2 aromatic carbocycles. The van der Waals surface area contributed by atoms with Gasteiger partial charge in [0.05, 0.1) is 6.61 Å². The average Bonchev–Trinajstić information content (AvgIpc) is 3.19. The van der Waals surface area contributed by atoms with Crippen LogP contribution in [0.4, 0.5) is 4.79 Å². The van der Waals surface area contributed by atoms with Crippen molar-refractivity contribution in [2.24, 2.45) is 5.92 Å². The molecule has 4 N–H and O–H groups in total. The molecule has 2 aliphatic carbocycles. The molecule has 0 aliphatic heterocycles. The zero-order valence-corrected chi connectivity index (χ0v) is 19.6. The van der Waals surface area contributed by atoms with Crippen LogP contribution in [0.15, 0.2) is 48.5 Å². The summed E-state index contributed by atoms with van der Waals surface area (Å²) in [4.78, 5) is 36.9. The van der Waals surface area contributed by atoms with Crippen molar-refractivity contribution < 1.29 is 29.3 Å². The van der Waals surface area contributed by atoms with Crippen LogP contribution < -0.4 is 10.6 Å². The number of carbonyl (C=O) groups excluding carboxylic acids is 2. The summed E-state index contributed by atoms with van der Waals surface area (Å²) in [6.07, 6.45) is 4.87. The van der Waals surface area contributed by atoms with Crippen molar-refractivity contribution in [1.82, 2.24) is 10.6 Å². The average molecular weight is 481 g/mol. The Balaban J connectivity index is 1.43. The highest BCUT2D eigenvalue weighted by Gasteiger charge is 2.32. The summed E-state index contributed by atoms with van der Waals surface area (Å²) in [6.45, 7) is -0.617. The molecular weight excluding hydrogens is 448 g/mol. The topological polar surface area (TPSA) is 125 Å². The Hall–Kier alpha value is -3.39. The molecule has 2 aliphatic rings. The van der Waals surface area contributed by atoms with Crippen molar-refractivity contribution in [2.45, 2.75) is 56.5 Å². The van der Waals surface area contributed by atoms with Crippen LogP contribution in [0.5, 0.6) is 0 Å².